The van der Waals surface area contributed by atoms with Crippen LogP contribution in [0.2, 0.25) is 0 Å². The average molecular weight is 389 g/mol. The van der Waals surface area contributed by atoms with Gasteiger partial charge in [0.05, 0.1) is 6.04 Å². The van der Waals surface area contributed by atoms with Gasteiger partial charge in [-0.2, -0.15) is 0 Å². The maximum atomic E-state index is 12.7. The molecule has 2 aromatic rings. The number of hydrogen-bond donors (Lipinski definition) is 0. The Morgan fingerprint density at radius 3 is 2.21 bits per heavy atom. The molecule has 0 aromatic heterocycles. The van der Waals surface area contributed by atoms with E-state index in [4.69, 9.17) is 0 Å². The summed E-state index contributed by atoms with van der Waals surface area (Å²) in [5.41, 5.74) is 3.58. The number of carbonyl (C=O) groups is 1. The number of benzene rings is 2. The Morgan fingerprint density at radius 2 is 1.58 bits per heavy atom. The molecule has 0 bridgehead atoms. The smallest absolute Gasteiger partial charge is 0.239 e. The largest absolute Gasteiger partial charge is 0.340 e. The Hall–Kier alpha value is -1.65. The fourth-order valence-electron chi connectivity index (χ4n) is 2.66. The van der Waals surface area contributed by atoms with E-state index in [0.29, 0.717) is 6.54 Å². The lowest BCUT2D eigenvalue weighted by atomic mass is 10.1. The van der Waals surface area contributed by atoms with Gasteiger partial charge in [-0.3, -0.25) is 9.69 Å². The first kappa shape index (κ1) is 18.7. The molecule has 1 atom stereocenters. The molecule has 0 N–H and O–H groups in total. The normalized spacial score (nSPS) is 12.2. The van der Waals surface area contributed by atoms with Crippen LogP contribution in [0.15, 0.2) is 53.0 Å². The number of aryl methyl sites for hydroxylation is 1. The van der Waals surface area contributed by atoms with Gasteiger partial charge in [0.2, 0.25) is 5.91 Å². The molecule has 2 rings (SSSR count). The zero-order valence-electron chi connectivity index (χ0n) is 14.8. The summed E-state index contributed by atoms with van der Waals surface area (Å²) in [6.45, 7) is 5.41. The fraction of sp³-hybridized carbons (Fsp3) is 0.350. The van der Waals surface area contributed by atoms with Crippen molar-refractivity contribution < 1.29 is 4.79 Å². The molecule has 0 saturated heterocycles. The Morgan fingerprint density at radius 1 is 1.00 bits per heavy atom. The lowest BCUT2D eigenvalue weighted by molar-refractivity contribution is -0.135. The van der Waals surface area contributed by atoms with Crippen molar-refractivity contribution in [1.82, 2.24) is 9.80 Å². The molecule has 4 heteroatoms. The van der Waals surface area contributed by atoms with Crippen LogP contribution < -0.4 is 0 Å². The van der Waals surface area contributed by atoms with Crippen LogP contribution in [0.3, 0.4) is 0 Å². The van der Waals surface area contributed by atoms with E-state index in [-0.39, 0.29) is 11.9 Å². The number of likely N-dealkylation sites (N-methyl/N-ethyl adjacent to an activating group) is 2. The summed E-state index contributed by atoms with van der Waals surface area (Å²) in [6.07, 6.45) is 0. The lowest BCUT2D eigenvalue weighted by Gasteiger charge is -2.29. The second-order valence-corrected chi connectivity index (χ2v) is 7.16. The van der Waals surface area contributed by atoms with Gasteiger partial charge in [-0.05, 0) is 43.7 Å². The van der Waals surface area contributed by atoms with E-state index < -0.39 is 0 Å². The van der Waals surface area contributed by atoms with Crippen LogP contribution in [0.25, 0.3) is 0 Å². The van der Waals surface area contributed by atoms with E-state index in [0.717, 1.165) is 11.0 Å². The molecular weight excluding hydrogens is 364 g/mol. The van der Waals surface area contributed by atoms with Crippen molar-refractivity contribution >= 4 is 21.8 Å². The first-order chi connectivity index (χ1) is 11.4. The van der Waals surface area contributed by atoms with Crippen LogP contribution >= 0.6 is 15.9 Å². The second kappa shape index (κ2) is 8.45. The lowest BCUT2D eigenvalue weighted by Crippen LogP contribution is -2.43. The fourth-order valence-corrected chi connectivity index (χ4v) is 3.07. The zero-order valence-corrected chi connectivity index (χ0v) is 16.4. The minimum absolute atomic E-state index is 0.132. The molecule has 128 valence electrons. The van der Waals surface area contributed by atoms with Crippen molar-refractivity contribution in [3.05, 3.63) is 69.7 Å². The number of hydrogen-bond acceptors (Lipinski definition) is 2. The molecule has 0 aliphatic heterocycles. The third kappa shape index (κ3) is 4.68. The highest BCUT2D eigenvalue weighted by Crippen LogP contribution is 2.19. The quantitative estimate of drug-likeness (QED) is 0.738. The second-order valence-electron chi connectivity index (χ2n) is 6.30. The summed E-state index contributed by atoms with van der Waals surface area (Å²) in [6, 6.07) is 16.1. The van der Waals surface area contributed by atoms with Gasteiger partial charge in [0.25, 0.3) is 0 Å². The summed E-state index contributed by atoms with van der Waals surface area (Å²) >= 11 is 3.57. The monoisotopic (exact) mass is 388 g/mol. The van der Waals surface area contributed by atoms with Gasteiger partial charge in [-0.25, -0.2) is 0 Å². The minimum Gasteiger partial charge on any atom is -0.340 e. The van der Waals surface area contributed by atoms with Crippen molar-refractivity contribution in [2.24, 2.45) is 0 Å². The predicted octanol–water partition coefficient (Wildman–Crippen LogP) is 4.24. The van der Waals surface area contributed by atoms with Gasteiger partial charge >= 0.3 is 0 Å². The first-order valence-electron chi connectivity index (χ1n) is 8.13. The minimum atomic E-state index is -0.175. The molecule has 0 saturated carbocycles. The summed E-state index contributed by atoms with van der Waals surface area (Å²) in [7, 11) is 3.86. The average Bonchev–Trinajstić information content (AvgIpc) is 2.57. The highest BCUT2D eigenvalue weighted by molar-refractivity contribution is 9.10. The molecule has 0 aliphatic rings. The van der Waals surface area contributed by atoms with Gasteiger partial charge in [-0.1, -0.05) is 58.4 Å². The van der Waals surface area contributed by atoms with Crippen molar-refractivity contribution in [3.8, 4) is 0 Å². The Kier molecular flexibility index (Phi) is 6.58. The Balaban J connectivity index is 2.00. The van der Waals surface area contributed by atoms with Crippen LogP contribution in [-0.2, 0) is 17.9 Å². The van der Waals surface area contributed by atoms with Gasteiger partial charge in [0, 0.05) is 24.6 Å². The van der Waals surface area contributed by atoms with E-state index in [1.165, 1.54) is 16.7 Å². The van der Waals surface area contributed by atoms with Crippen molar-refractivity contribution in [2.45, 2.75) is 33.0 Å². The van der Waals surface area contributed by atoms with E-state index in [2.05, 4.69) is 46.0 Å². The van der Waals surface area contributed by atoms with Crippen molar-refractivity contribution in [3.63, 3.8) is 0 Å². The highest BCUT2D eigenvalue weighted by atomic mass is 79.9. The summed E-state index contributed by atoms with van der Waals surface area (Å²) in [5, 5.41) is 0. The standard InChI is InChI=1S/C20H25BrN2O/c1-15-9-5-6-10-17(15)13-23(4)20(24)16(2)22(3)14-18-11-7-8-12-19(18)21/h5-12,16H,13-14H2,1-4H3. The Labute approximate surface area is 153 Å². The third-order valence-corrected chi connectivity index (χ3v) is 5.21. The summed E-state index contributed by atoms with van der Waals surface area (Å²) in [5.74, 6) is 0.132. The van der Waals surface area contributed by atoms with Crippen LogP contribution in [0, 0.1) is 6.92 Å². The topological polar surface area (TPSA) is 23.6 Å². The number of halogens is 1. The molecule has 1 unspecified atom stereocenters. The molecule has 0 fully saturated rings. The molecule has 0 aliphatic carbocycles. The SMILES string of the molecule is Cc1ccccc1CN(C)C(=O)C(C)N(C)Cc1ccccc1Br. The molecule has 0 spiro atoms. The highest BCUT2D eigenvalue weighted by Gasteiger charge is 2.22. The first-order valence-corrected chi connectivity index (χ1v) is 8.92. The van der Waals surface area contributed by atoms with Crippen LogP contribution in [-0.4, -0.2) is 35.8 Å². The van der Waals surface area contributed by atoms with E-state index in [1.54, 1.807) is 0 Å². The maximum absolute atomic E-state index is 12.7. The third-order valence-electron chi connectivity index (χ3n) is 4.44. The summed E-state index contributed by atoms with van der Waals surface area (Å²) < 4.78 is 1.07. The molecular formula is C20H25BrN2O. The molecule has 1 amide bonds. The molecule has 0 heterocycles. The predicted molar refractivity (Wildman–Crippen MR) is 103 cm³/mol. The maximum Gasteiger partial charge on any atom is 0.239 e. The summed E-state index contributed by atoms with van der Waals surface area (Å²) in [4.78, 5) is 16.6. The number of nitrogens with zero attached hydrogens (tertiary/aromatic N) is 2. The molecule has 0 radical (unpaired) electrons. The van der Waals surface area contributed by atoms with E-state index in [9.17, 15) is 4.79 Å². The zero-order chi connectivity index (χ0) is 17.7. The number of rotatable bonds is 6. The van der Waals surface area contributed by atoms with Gasteiger partial charge in [0.15, 0.2) is 0 Å². The molecule has 24 heavy (non-hydrogen) atoms. The van der Waals surface area contributed by atoms with Gasteiger partial charge in [0.1, 0.15) is 0 Å². The van der Waals surface area contributed by atoms with Crippen LogP contribution in [0.1, 0.15) is 23.6 Å². The van der Waals surface area contributed by atoms with Crippen molar-refractivity contribution in [1.29, 1.82) is 0 Å². The van der Waals surface area contributed by atoms with E-state index >= 15 is 0 Å². The molecule has 3 nitrogen and oxygen atoms in total. The van der Waals surface area contributed by atoms with Crippen LogP contribution in [0.4, 0.5) is 0 Å². The van der Waals surface area contributed by atoms with E-state index in [1.807, 2.05) is 56.3 Å². The van der Waals surface area contributed by atoms with Gasteiger partial charge < -0.3 is 4.90 Å². The number of carbonyl (C=O) groups excluding carboxylic acids is 1. The van der Waals surface area contributed by atoms with Crippen molar-refractivity contribution in [2.75, 3.05) is 14.1 Å². The Bertz CT molecular complexity index is 702. The van der Waals surface area contributed by atoms with Crippen LogP contribution in [0.5, 0.6) is 0 Å². The molecule has 2 aromatic carbocycles. The number of amides is 1. The van der Waals surface area contributed by atoms with Gasteiger partial charge in [-0.15, -0.1) is 0 Å².